The molecule has 13 nitrogen and oxygen atoms in total. The number of methoxy groups -OCH3 is 1. The number of rotatable bonds is 15. The number of para-hydroxylation sites is 1. The van der Waals surface area contributed by atoms with E-state index in [0.717, 1.165) is 12.1 Å². The molecule has 1 aliphatic heterocycles. The van der Waals surface area contributed by atoms with Gasteiger partial charge in [-0.3, -0.25) is 19.2 Å². The first-order valence-corrected chi connectivity index (χ1v) is 18.6. The van der Waals surface area contributed by atoms with Gasteiger partial charge in [0.1, 0.15) is 17.9 Å². The van der Waals surface area contributed by atoms with Crippen LogP contribution in [-0.2, 0) is 21.0 Å². The molecule has 0 aromatic heterocycles. The number of benzene rings is 2. The van der Waals surface area contributed by atoms with Crippen LogP contribution in [0.15, 0.2) is 36.4 Å². The van der Waals surface area contributed by atoms with Crippen molar-refractivity contribution in [3.05, 3.63) is 47.5 Å². The summed E-state index contributed by atoms with van der Waals surface area (Å²) in [6.45, 7) is 8.59. The molecular formula is C40H59N5O8. The van der Waals surface area contributed by atoms with Gasteiger partial charge in [-0.2, -0.15) is 5.06 Å². The van der Waals surface area contributed by atoms with Gasteiger partial charge in [-0.05, 0) is 80.8 Å². The van der Waals surface area contributed by atoms with Crippen LogP contribution in [0.1, 0.15) is 62.9 Å². The van der Waals surface area contributed by atoms with Crippen LogP contribution in [0.2, 0.25) is 0 Å². The van der Waals surface area contributed by atoms with Gasteiger partial charge in [-0.15, -0.1) is 0 Å². The SMILES string of the molecule is COc1c(CN2O[C@@H](CO)[C@@H]([C@H](C)O)[C@H]2C(=O)N[C@H]2C[C@H]3C[C@H]([C@@H]2C)C3(C)C)cccc1-c1cc(C(=O)N[C@H](CC(=O)O)CN(C)C)cc(N(C)C)c1. The zero-order valence-corrected chi connectivity index (χ0v) is 32.6. The first-order chi connectivity index (χ1) is 25.0. The van der Waals surface area contributed by atoms with Gasteiger partial charge in [0.25, 0.3) is 5.91 Å². The Balaban J connectivity index is 1.45. The summed E-state index contributed by atoms with van der Waals surface area (Å²) in [6, 6.07) is 9.63. The lowest BCUT2D eigenvalue weighted by molar-refractivity contribution is -0.183. The summed E-state index contributed by atoms with van der Waals surface area (Å²) in [5, 5.41) is 38.5. The van der Waals surface area contributed by atoms with Crippen LogP contribution in [0.25, 0.3) is 11.1 Å². The largest absolute Gasteiger partial charge is 0.496 e. The Kier molecular flexibility index (Phi) is 12.4. The second kappa shape index (κ2) is 16.3. The summed E-state index contributed by atoms with van der Waals surface area (Å²) in [5.74, 6) is -0.395. The van der Waals surface area contributed by atoms with E-state index in [-0.39, 0.29) is 36.9 Å². The fraction of sp³-hybridized carbons (Fsp3) is 0.625. The van der Waals surface area contributed by atoms with Gasteiger partial charge in [-0.25, -0.2) is 0 Å². The Morgan fingerprint density at radius 3 is 2.40 bits per heavy atom. The highest BCUT2D eigenvalue weighted by molar-refractivity contribution is 5.97. The summed E-state index contributed by atoms with van der Waals surface area (Å²) >= 11 is 0. The molecule has 2 aromatic carbocycles. The predicted octanol–water partition coefficient (Wildman–Crippen LogP) is 3.22. The van der Waals surface area contributed by atoms with Crippen LogP contribution >= 0.6 is 0 Å². The van der Waals surface area contributed by atoms with E-state index in [0.29, 0.717) is 52.3 Å². The van der Waals surface area contributed by atoms with Gasteiger partial charge in [0.05, 0.1) is 38.8 Å². The third-order valence-corrected chi connectivity index (χ3v) is 12.0. The molecule has 0 radical (unpaired) electrons. The maximum atomic E-state index is 14.2. The maximum absolute atomic E-state index is 14.2. The van der Waals surface area contributed by atoms with Gasteiger partial charge in [0.15, 0.2) is 0 Å². The number of fused-ring (bicyclic) bond motifs is 2. The maximum Gasteiger partial charge on any atom is 0.305 e. The molecule has 2 amide bonds. The van der Waals surface area contributed by atoms with Crippen LogP contribution in [0.4, 0.5) is 5.69 Å². The Morgan fingerprint density at radius 1 is 1.11 bits per heavy atom. The number of aliphatic hydroxyl groups excluding tert-OH is 2. The molecule has 9 atom stereocenters. The smallest absolute Gasteiger partial charge is 0.305 e. The lowest BCUT2D eigenvalue weighted by atomic mass is 9.45. The van der Waals surface area contributed by atoms with E-state index in [1.54, 1.807) is 31.2 Å². The topological polar surface area (TPSA) is 164 Å². The van der Waals surface area contributed by atoms with Gasteiger partial charge < -0.3 is 40.5 Å². The molecule has 0 spiro atoms. The first kappa shape index (κ1) is 40.4. The average Bonchev–Trinajstić information content (AvgIpc) is 3.46. The molecule has 2 aromatic rings. The number of aliphatic carboxylic acids is 1. The standard InChI is InChI=1S/C40H59N5O8/c1-22-31-16-27(40(31,3)4)17-32(22)42-39(51)36-35(23(2)47)33(21-46)53-45(36)19-24-11-10-12-30(37(24)52-9)25-13-26(15-29(14-25)44(7)8)38(50)41-28(18-34(48)49)20-43(5)6/h10-15,22-23,27-28,31-33,35-36,46-47H,16-21H2,1-9H3,(H,41,50)(H,42,51)(H,48,49)/t22-,23-,27+,28+,31+,32-,33-,35+,36-/m0/s1. The molecule has 4 aliphatic rings. The molecule has 4 fully saturated rings. The van der Waals surface area contributed by atoms with Crippen molar-refractivity contribution in [2.24, 2.45) is 29.1 Å². The lowest BCUT2D eigenvalue weighted by Gasteiger charge is -2.62. The summed E-state index contributed by atoms with van der Waals surface area (Å²) < 4.78 is 6.02. The van der Waals surface area contributed by atoms with Crippen molar-refractivity contribution in [2.75, 3.05) is 53.4 Å². The minimum absolute atomic E-state index is 0.0134. The third-order valence-electron chi connectivity index (χ3n) is 12.0. The number of nitrogens with one attached hydrogen (secondary N) is 2. The second-order valence-corrected chi connectivity index (χ2v) is 16.4. The minimum atomic E-state index is -1.00. The van der Waals surface area contributed by atoms with E-state index < -0.39 is 42.1 Å². The number of carboxylic acids is 1. The molecule has 292 valence electrons. The number of hydroxylamine groups is 2. The molecular weight excluding hydrogens is 678 g/mol. The van der Waals surface area contributed by atoms with Crippen LogP contribution in [0.3, 0.4) is 0 Å². The molecule has 2 bridgehead atoms. The number of hydrogen-bond acceptors (Lipinski definition) is 10. The molecule has 6 rings (SSSR count). The Hall–Kier alpha value is -3.75. The molecule has 1 heterocycles. The number of ether oxygens (including phenoxy) is 1. The van der Waals surface area contributed by atoms with Crippen LogP contribution in [0, 0.1) is 29.1 Å². The average molecular weight is 738 g/mol. The van der Waals surface area contributed by atoms with Crippen LogP contribution in [-0.4, -0.2) is 122 Å². The van der Waals surface area contributed by atoms with Gasteiger partial charge in [0, 0.05) is 55.0 Å². The van der Waals surface area contributed by atoms with E-state index in [9.17, 15) is 29.7 Å². The van der Waals surface area contributed by atoms with Gasteiger partial charge in [-0.1, -0.05) is 39.0 Å². The number of carboxylic acid groups (broad SMARTS) is 1. The number of carbonyl (C=O) groups excluding carboxylic acids is 2. The number of likely N-dealkylation sites (N-methyl/N-ethyl adjacent to an activating group) is 1. The fourth-order valence-electron chi connectivity index (χ4n) is 9.07. The van der Waals surface area contributed by atoms with E-state index in [4.69, 9.17) is 9.57 Å². The highest BCUT2D eigenvalue weighted by Crippen LogP contribution is 2.61. The summed E-state index contributed by atoms with van der Waals surface area (Å²) in [6.07, 6.45) is 0.159. The molecule has 1 saturated heterocycles. The number of hydrogen-bond donors (Lipinski definition) is 5. The van der Waals surface area contributed by atoms with E-state index >= 15 is 0 Å². The zero-order valence-electron chi connectivity index (χ0n) is 32.6. The van der Waals surface area contributed by atoms with Crippen LogP contribution in [0.5, 0.6) is 5.75 Å². The molecule has 3 saturated carbocycles. The van der Waals surface area contributed by atoms with Crippen LogP contribution < -0.4 is 20.3 Å². The lowest BCUT2D eigenvalue weighted by Crippen LogP contribution is -2.62. The number of nitrogens with zero attached hydrogens (tertiary/aromatic N) is 3. The molecule has 0 unspecified atom stereocenters. The third kappa shape index (κ3) is 8.49. The van der Waals surface area contributed by atoms with Crippen molar-refractivity contribution in [3.8, 4) is 16.9 Å². The number of amides is 2. The van der Waals surface area contributed by atoms with Crippen molar-refractivity contribution >= 4 is 23.5 Å². The van der Waals surface area contributed by atoms with Crippen molar-refractivity contribution in [2.45, 2.75) is 83.8 Å². The van der Waals surface area contributed by atoms with Gasteiger partial charge >= 0.3 is 5.97 Å². The number of anilines is 1. The number of carbonyl (C=O) groups is 3. The van der Waals surface area contributed by atoms with E-state index in [1.807, 2.05) is 62.3 Å². The molecule has 3 aliphatic carbocycles. The van der Waals surface area contributed by atoms with Crippen molar-refractivity contribution in [1.82, 2.24) is 20.6 Å². The zero-order chi connectivity index (χ0) is 38.9. The fourth-order valence-corrected chi connectivity index (χ4v) is 9.07. The second-order valence-electron chi connectivity index (χ2n) is 16.4. The van der Waals surface area contributed by atoms with E-state index in [1.165, 1.54) is 6.42 Å². The normalized spacial score (nSPS) is 27.4. The summed E-state index contributed by atoms with van der Waals surface area (Å²) in [4.78, 5) is 49.3. The minimum Gasteiger partial charge on any atom is -0.496 e. The summed E-state index contributed by atoms with van der Waals surface area (Å²) in [5.41, 5.74) is 3.47. The van der Waals surface area contributed by atoms with Crippen molar-refractivity contribution in [1.29, 1.82) is 0 Å². The van der Waals surface area contributed by atoms with Crippen molar-refractivity contribution in [3.63, 3.8) is 0 Å². The highest BCUT2D eigenvalue weighted by Gasteiger charge is 2.57. The monoisotopic (exact) mass is 737 g/mol. The van der Waals surface area contributed by atoms with Crippen molar-refractivity contribution < 1.29 is 39.3 Å². The quantitative estimate of drug-likeness (QED) is 0.182. The summed E-state index contributed by atoms with van der Waals surface area (Å²) in [7, 11) is 8.95. The first-order valence-electron chi connectivity index (χ1n) is 18.6. The Morgan fingerprint density at radius 2 is 1.83 bits per heavy atom. The molecule has 53 heavy (non-hydrogen) atoms. The Bertz CT molecular complexity index is 1650. The molecule has 13 heteroatoms. The van der Waals surface area contributed by atoms with E-state index in [2.05, 4.69) is 31.4 Å². The predicted molar refractivity (Wildman–Crippen MR) is 202 cm³/mol. The van der Waals surface area contributed by atoms with Gasteiger partial charge in [0.2, 0.25) is 5.91 Å². The highest BCUT2D eigenvalue weighted by atomic mass is 16.7. The Labute approximate surface area is 313 Å². The molecule has 5 N–H and O–H groups in total. The number of aliphatic hydroxyl groups is 2.